The van der Waals surface area contributed by atoms with Crippen LogP contribution in [0.3, 0.4) is 0 Å². The number of rotatable bonds is 27. The number of carbonyl (C=O) groups is 1. The van der Waals surface area contributed by atoms with Crippen molar-refractivity contribution in [3.8, 4) is 51.7 Å². The molecule has 0 aromatic heterocycles. The summed E-state index contributed by atoms with van der Waals surface area (Å²) < 4.78 is 63.0. The third-order valence-electron chi connectivity index (χ3n) is 8.71. The van der Waals surface area contributed by atoms with Crippen LogP contribution in [0.2, 0.25) is 0 Å². The van der Waals surface area contributed by atoms with E-state index in [4.69, 9.17) is 47.4 Å². The summed E-state index contributed by atoms with van der Waals surface area (Å²) in [5.41, 5.74) is 1.77. The maximum Gasteiger partial charge on any atom is 0.338 e. The molecule has 11 heteroatoms. The quantitative estimate of drug-likeness (QED) is 0.0688. The summed E-state index contributed by atoms with van der Waals surface area (Å²) >= 11 is 0. The zero-order chi connectivity index (χ0) is 41.0. The van der Waals surface area contributed by atoms with Crippen LogP contribution >= 0.6 is 0 Å². The lowest BCUT2D eigenvalue weighted by Gasteiger charge is -2.35. The average Bonchev–Trinajstić information content (AvgIpc) is 3.22. The zero-order valence-corrected chi connectivity index (χ0v) is 35.6. The molecule has 0 saturated heterocycles. The molecule has 0 aliphatic carbocycles. The van der Waals surface area contributed by atoms with E-state index in [9.17, 15) is 4.79 Å². The molecule has 3 aromatic carbocycles. The van der Waals surface area contributed by atoms with Crippen molar-refractivity contribution in [3.63, 3.8) is 0 Å². The molecule has 11 nitrogen and oxygen atoms in total. The van der Waals surface area contributed by atoms with Crippen LogP contribution in [0.4, 0.5) is 0 Å². The molecule has 2 atom stereocenters. The molecule has 4 rings (SSSR count). The van der Waals surface area contributed by atoms with Gasteiger partial charge in [0, 0.05) is 29.7 Å². The number of hydrogen-bond acceptors (Lipinski definition) is 11. The van der Waals surface area contributed by atoms with Crippen LogP contribution < -0.4 is 42.6 Å². The predicted octanol–water partition coefficient (Wildman–Crippen LogP) is 10.9. The lowest BCUT2D eigenvalue weighted by molar-refractivity contribution is -0.0190. The van der Waals surface area contributed by atoms with Gasteiger partial charge in [-0.3, -0.25) is 0 Å². The summed E-state index contributed by atoms with van der Waals surface area (Å²) in [6.45, 7) is 20.2. The summed E-state index contributed by atoms with van der Waals surface area (Å²) in [4.78, 5) is 14.4. The lowest BCUT2D eigenvalue weighted by atomic mass is 9.93. The topological polar surface area (TPSA) is 109 Å². The first-order chi connectivity index (χ1) is 27.8. The second-order valence-corrected chi connectivity index (χ2v) is 14.0. The van der Waals surface area contributed by atoms with Gasteiger partial charge < -0.3 is 47.4 Å². The number of fused-ring (bicyclic) bond motifs is 1. The Morgan fingerprint density at radius 2 is 0.912 bits per heavy atom. The van der Waals surface area contributed by atoms with Crippen LogP contribution in [0.25, 0.3) is 0 Å². The van der Waals surface area contributed by atoms with E-state index in [0.717, 1.165) is 56.9 Å². The van der Waals surface area contributed by atoms with Crippen LogP contribution in [0.1, 0.15) is 134 Å². The van der Waals surface area contributed by atoms with Crippen molar-refractivity contribution in [2.75, 3.05) is 52.9 Å². The van der Waals surface area contributed by atoms with Crippen molar-refractivity contribution in [2.45, 2.75) is 125 Å². The third kappa shape index (κ3) is 12.7. The van der Waals surface area contributed by atoms with Gasteiger partial charge in [-0.05, 0) is 75.6 Å². The van der Waals surface area contributed by atoms with E-state index in [1.807, 2.05) is 45.0 Å². The average molecular weight is 795 g/mol. The number of esters is 1. The Balaban J connectivity index is 1.88. The Hall–Kier alpha value is -4.67. The van der Waals surface area contributed by atoms with Gasteiger partial charge in [-0.2, -0.15) is 0 Å². The van der Waals surface area contributed by atoms with Gasteiger partial charge in [0.25, 0.3) is 0 Å². The summed E-state index contributed by atoms with van der Waals surface area (Å²) in [6, 6.07) is 11.0. The Morgan fingerprint density at radius 1 is 0.509 bits per heavy atom. The summed E-state index contributed by atoms with van der Waals surface area (Å²) in [7, 11) is 0. The zero-order valence-electron chi connectivity index (χ0n) is 35.6. The van der Waals surface area contributed by atoms with Gasteiger partial charge in [0.05, 0.1) is 58.4 Å². The van der Waals surface area contributed by atoms with E-state index >= 15 is 0 Å². The molecule has 1 heterocycles. The molecule has 0 spiro atoms. The van der Waals surface area contributed by atoms with Gasteiger partial charge >= 0.3 is 5.97 Å². The fourth-order valence-electron chi connectivity index (χ4n) is 6.08. The lowest BCUT2D eigenvalue weighted by Crippen LogP contribution is -2.35. The van der Waals surface area contributed by atoms with E-state index in [2.05, 4.69) is 34.6 Å². The van der Waals surface area contributed by atoms with Crippen LogP contribution in [0.15, 0.2) is 36.4 Å². The Labute approximate surface area is 340 Å². The summed E-state index contributed by atoms with van der Waals surface area (Å²) in [5, 5.41) is 0. The van der Waals surface area contributed by atoms with E-state index in [1.165, 1.54) is 0 Å². The largest absolute Gasteiger partial charge is 0.493 e. The number of benzene rings is 3. The molecular formula is C46H66O11. The predicted molar refractivity (Wildman–Crippen MR) is 222 cm³/mol. The number of ether oxygens (including phenoxy) is 10. The van der Waals surface area contributed by atoms with Crippen LogP contribution in [0, 0.1) is 0 Å². The molecule has 1 aliphatic heterocycles. The highest BCUT2D eigenvalue weighted by Crippen LogP contribution is 2.48. The van der Waals surface area contributed by atoms with Gasteiger partial charge in [0.1, 0.15) is 23.4 Å². The molecule has 3 aromatic rings. The normalized spacial score (nSPS) is 14.5. The minimum absolute atomic E-state index is 0.272. The van der Waals surface area contributed by atoms with E-state index in [-0.39, 0.29) is 5.56 Å². The minimum atomic E-state index is -0.798. The van der Waals surface area contributed by atoms with Crippen molar-refractivity contribution in [1.82, 2.24) is 0 Å². The first-order valence-electron chi connectivity index (χ1n) is 21.3. The van der Waals surface area contributed by atoms with Gasteiger partial charge in [-0.1, -0.05) is 55.4 Å². The van der Waals surface area contributed by atoms with Crippen molar-refractivity contribution in [2.24, 2.45) is 0 Å². The molecular weight excluding hydrogens is 728 g/mol. The van der Waals surface area contributed by atoms with E-state index in [0.29, 0.717) is 117 Å². The molecule has 0 saturated carbocycles. The molecule has 0 bridgehead atoms. The highest BCUT2D eigenvalue weighted by molar-refractivity contribution is 5.91. The van der Waals surface area contributed by atoms with Gasteiger partial charge in [-0.15, -0.1) is 0 Å². The van der Waals surface area contributed by atoms with Crippen molar-refractivity contribution >= 4 is 5.97 Å². The monoisotopic (exact) mass is 794 g/mol. The Kier molecular flexibility index (Phi) is 19.1. The van der Waals surface area contributed by atoms with Crippen molar-refractivity contribution in [1.29, 1.82) is 0 Å². The van der Waals surface area contributed by atoms with Crippen LogP contribution in [0.5, 0.6) is 51.7 Å². The van der Waals surface area contributed by atoms with Gasteiger partial charge in [0.2, 0.25) is 11.5 Å². The minimum Gasteiger partial charge on any atom is -0.493 e. The smallest absolute Gasteiger partial charge is 0.338 e. The SMILES string of the molecule is CCCOc1cc(OCCC)c2c(c1)O[C@H](c1cc(OCCC)c(OCCC)c(OCCC)c1)[C@H](OC(=O)c1cc(OCCC)c(OCCC)c(OCCC)c1)C2. The van der Waals surface area contributed by atoms with Crippen LogP contribution in [-0.2, 0) is 11.2 Å². The maximum atomic E-state index is 14.4. The molecule has 0 amide bonds. The fraction of sp³-hybridized carbons (Fsp3) is 0.587. The fourth-order valence-corrected chi connectivity index (χ4v) is 6.08. The Bertz CT molecular complexity index is 1610. The molecule has 0 N–H and O–H groups in total. The maximum absolute atomic E-state index is 14.4. The van der Waals surface area contributed by atoms with E-state index in [1.54, 1.807) is 12.1 Å². The molecule has 1 aliphatic rings. The Morgan fingerprint density at radius 3 is 1.37 bits per heavy atom. The second kappa shape index (κ2) is 24.2. The third-order valence-corrected chi connectivity index (χ3v) is 8.71. The molecule has 0 fully saturated rings. The van der Waals surface area contributed by atoms with Gasteiger partial charge in [-0.25, -0.2) is 4.79 Å². The second-order valence-electron chi connectivity index (χ2n) is 14.0. The highest BCUT2D eigenvalue weighted by atomic mass is 16.6. The van der Waals surface area contributed by atoms with E-state index < -0.39 is 18.2 Å². The summed E-state index contributed by atoms with van der Waals surface area (Å²) in [6.07, 6.45) is 5.16. The molecule has 57 heavy (non-hydrogen) atoms. The summed E-state index contributed by atoms with van der Waals surface area (Å²) in [5.74, 6) is 4.27. The molecule has 316 valence electrons. The highest BCUT2D eigenvalue weighted by Gasteiger charge is 2.38. The molecule has 0 unspecified atom stereocenters. The molecule has 0 radical (unpaired) electrons. The first kappa shape index (κ1) is 45.0. The number of hydrogen-bond donors (Lipinski definition) is 0. The number of carbonyl (C=O) groups excluding carboxylic acids is 1. The van der Waals surface area contributed by atoms with Crippen molar-refractivity contribution in [3.05, 3.63) is 53.1 Å². The first-order valence-corrected chi connectivity index (χ1v) is 21.3. The van der Waals surface area contributed by atoms with Crippen molar-refractivity contribution < 1.29 is 52.2 Å². The standard InChI is InChI=1S/C46H66O11/c1-9-17-48-34-29-36(49-18-10-2)35-31-42(57-46(47)33-27-40(52-21-13-5)45(55-24-16-8)41(28-33)53-22-14-6)43(56-37(35)30-34)32-25-38(50-19-11-3)44(54-23-15-7)39(26-32)51-20-12-4/h25-30,42-43H,9-24,31H2,1-8H3/t42-,43-/m1/s1. The van der Waals surface area contributed by atoms with Crippen LogP contribution in [-0.4, -0.2) is 64.9 Å². The van der Waals surface area contributed by atoms with Gasteiger partial charge in [0.15, 0.2) is 29.1 Å².